The van der Waals surface area contributed by atoms with Gasteiger partial charge >= 0.3 is 0 Å². The van der Waals surface area contributed by atoms with E-state index in [1.54, 1.807) is 0 Å². The lowest BCUT2D eigenvalue weighted by Gasteiger charge is -2.33. The molecule has 0 saturated heterocycles. The van der Waals surface area contributed by atoms with Gasteiger partial charge in [0, 0.05) is 25.5 Å². The zero-order chi connectivity index (χ0) is 29.5. The Kier molecular flexibility index (Phi) is 28.8. The van der Waals surface area contributed by atoms with Gasteiger partial charge in [-0.3, -0.25) is 0 Å². The summed E-state index contributed by atoms with van der Waals surface area (Å²) in [6.07, 6.45) is 50.0. The zero-order valence-electron chi connectivity index (χ0n) is 29.0. The molecule has 0 aliphatic carbocycles. The van der Waals surface area contributed by atoms with Crippen LogP contribution in [0.5, 0.6) is 0 Å². The van der Waals surface area contributed by atoms with Gasteiger partial charge in [0.15, 0.2) is 0 Å². The van der Waals surface area contributed by atoms with Gasteiger partial charge in [0.05, 0.1) is 0 Å². The van der Waals surface area contributed by atoms with Crippen molar-refractivity contribution in [3.63, 3.8) is 0 Å². The highest BCUT2D eigenvalue weighted by atomic mass is 15.4. The third kappa shape index (κ3) is 23.5. The summed E-state index contributed by atoms with van der Waals surface area (Å²) in [6, 6.07) is 0. The molecule has 0 radical (unpaired) electrons. The Morgan fingerprint density at radius 2 is 0.585 bits per heavy atom. The van der Waals surface area contributed by atoms with Crippen LogP contribution in [0.1, 0.15) is 220 Å². The predicted molar refractivity (Wildman–Crippen MR) is 186 cm³/mol. The Morgan fingerprint density at radius 3 is 0.927 bits per heavy atom. The number of nitrogens with zero attached hydrogens (tertiary/aromatic N) is 2. The number of unbranched alkanes of at least 4 members (excludes halogenated alkanes) is 27. The van der Waals surface area contributed by atoms with Gasteiger partial charge in [0.2, 0.25) is 0 Å². The van der Waals surface area contributed by atoms with Crippen molar-refractivity contribution in [2.45, 2.75) is 226 Å². The van der Waals surface area contributed by atoms with Crippen molar-refractivity contribution in [2.24, 2.45) is 0 Å². The van der Waals surface area contributed by atoms with Crippen LogP contribution in [-0.2, 0) is 0 Å². The summed E-state index contributed by atoms with van der Waals surface area (Å²) in [6.45, 7) is 9.45. The highest BCUT2D eigenvalue weighted by Gasteiger charge is 2.24. The van der Waals surface area contributed by atoms with Gasteiger partial charge in [-0.15, -0.1) is 0 Å². The maximum atomic E-state index is 2.69. The van der Waals surface area contributed by atoms with Crippen LogP contribution < -0.4 is 0 Å². The second kappa shape index (κ2) is 30.8. The summed E-state index contributed by atoms with van der Waals surface area (Å²) >= 11 is 0. The van der Waals surface area contributed by atoms with E-state index in [1.165, 1.54) is 212 Å². The number of rotatable bonds is 33. The van der Waals surface area contributed by atoms with Crippen molar-refractivity contribution < 1.29 is 0 Å². The molecule has 1 aliphatic rings. The predicted octanol–water partition coefficient (Wildman–Crippen LogP) is 13.6. The van der Waals surface area contributed by atoms with Gasteiger partial charge in [-0.05, 0) is 25.7 Å². The van der Waals surface area contributed by atoms with Crippen molar-refractivity contribution in [3.05, 3.63) is 12.4 Å². The smallest absolute Gasteiger partial charge is 0.101 e. The Bertz CT molecular complexity index is 530. The lowest BCUT2D eigenvalue weighted by molar-refractivity contribution is 0.136. The van der Waals surface area contributed by atoms with Gasteiger partial charge < -0.3 is 9.80 Å². The van der Waals surface area contributed by atoms with E-state index in [-0.39, 0.29) is 0 Å². The minimum atomic E-state index is 0.640. The van der Waals surface area contributed by atoms with Gasteiger partial charge in [-0.2, -0.15) is 0 Å². The molecule has 1 unspecified atom stereocenters. The zero-order valence-corrected chi connectivity index (χ0v) is 29.0. The average Bonchev–Trinajstić information content (AvgIpc) is 3.37. The summed E-state index contributed by atoms with van der Waals surface area (Å²) in [7, 11) is 0. The molecule has 0 fully saturated rings. The molecule has 41 heavy (non-hydrogen) atoms. The van der Waals surface area contributed by atoms with E-state index in [0.29, 0.717) is 6.17 Å². The SMILES string of the molecule is CCCCCCCCCCCCCCCCCCCC1N(CCCC)C=CN1CCCCCCCCCCCCC. The van der Waals surface area contributed by atoms with Crippen LogP contribution >= 0.6 is 0 Å². The van der Waals surface area contributed by atoms with Crippen LogP contribution in [0.15, 0.2) is 12.4 Å². The molecule has 1 aliphatic heterocycles. The fourth-order valence-corrected chi connectivity index (χ4v) is 6.69. The van der Waals surface area contributed by atoms with Crippen molar-refractivity contribution in [3.8, 4) is 0 Å². The summed E-state index contributed by atoms with van der Waals surface area (Å²) in [4.78, 5) is 5.35. The molecule has 0 aromatic rings. The minimum absolute atomic E-state index is 0.640. The maximum absolute atomic E-state index is 2.69. The fraction of sp³-hybridized carbons (Fsp3) is 0.949. The minimum Gasteiger partial charge on any atom is -0.356 e. The highest BCUT2D eigenvalue weighted by molar-refractivity contribution is 4.96. The van der Waals surface area contributed by atoms with Crippen molar-refractivity contribution >= 4 is 0 Å². The number of hydrogen-bond acceptors (Lipinski definition) is 2. The van der Waals surface area contributed by atoms with Crippen LogP contribution in [0, 0.1) is 0 Å². The summed E-state index contributed by atoms with van der Waals surface area (Å²) in [5.74, 6) is 0. The van der Waals surface area contributed by atoms with Gasteiger partial charge in [0.25, 0.3) is 0 Å². The Balaban J connectivity index is 2.01. The van der Waals surface area contributed by atoms with E-state index in [0.717, 1.165) is 0 Å². The third-order valence-corrected chi connectivity index (χ3v) is 9.57. The summed E-state index contributed by atoms with van der Waals surface area (Å²) in [5, 5.41) is 0. The lowest BCUT2D eigenvalue weighted by Crippen LogP contribution is -2.39. The molecule has 0 bridgehead atoms. The number of hydrogen-bond donors (Lipinski definition) is 0. The first-order chi connectivity index (χ1) is 20.3. The topological polar surface area (TPSA) is 6.48 Å². The maximum Gasteiger partial charge on any atom is 0.101 e. The van der Waals surface area contributed by atoms with Crippen LogP contribution in [-0.4, -0.2) is 29.1 Å². The molecular formula is C39H78N2. The lowest BCUT2D eigenvalue weighted by atomic mass is 10.0. The quantitative estimate of drug-likeness (QED) is 0.0719. The van der Waals surface area contributed by atoms with Crippen molar-refractivity contribution in [2.75, 3.05) is 13.1 Å². The molecule has 244 valence electrons. The first-order valence-corrected chi connectivity index (χ1v) is 19.5. The summed E-state index contributed by atoms with van der Waals surface area (Å²) < 4.78 is 0. The van der Waals surface area contributed by atoms with Gasteiger partial charge in [-0.25, -0.2) is 0 Å². The highest BCUT2D eigenvalue weighted by Crippen LogP contribution is 2.24. The molecule has 2 heteroatoms. The largest absolute Gasteiger partial charge is 0.356 e. The molecule has 0 amide bonds. The monoisotopic (exact) mass is 575 g/mol. The molecular weight excluding hydrogens is 496 g/mol. The molecule has 0 N–H and O–H groups in total. The molecule has 0 aromatic heterocycles. The van der Waals surface area contributed by atoms with E-state index in [1.807, 2.05) is 0 Å². The van der Waals surface area contributed by atoms with E-state index in [2.05, 4.69) is 43.0 Å². The van der Waals surface area contributed by atoms with Crippen LogP contribution in [0.4, 0.5) is 0 Å². The van der Waals surface area contributed by atoms with Gasteiger partial charge in [-0.1, -0.05) is 194 Å². The van der Waals surface area contributed by atoms with Crippen LogP contribution in [0.3, 0.4) is 0 Å². The van der Waals surface area contributed by atoms with Gasteiger partial charge in [0.1, 0.15) is 6.17 Å². The third-order valence-electron chi connectivity index (χ3n) is 9.57. The van der Waals surface area contributed by atoms with E-state index in [4.69, 9.17) is 0 Å². The van der Waals surface area contributed by atoms with Crippen LogP contribution in [0.25, 0.3) is 0 Å². The van der Waals surface area contributed by atoms with E-state index >= 15 is 0 Å². The van der Waals surface area contributed by atoms with Crippen molar-refractivity contribution in [1.82, 2.24) is 9.80 Å². The Labute approximate surface area is 260 Å². The van der Waals surface area contributed by atoms with E-state index in [9.17, 15) is 0 Å². The molecule has 2 nitrogen and oxygen atoms in total. The standard InChI is InChI=1S/C39H78N2/c1-4-7-10-12-14-16-18-19-20-21-22-23-24-26-28-30-32-34-39-40(35-9-6-3)37-38-41(39)36-33-31-29-27-25-17-15-13-11-8-5-2/h37-39H,4-36H2,1-3H3. The second-order valence-corrected chi connectivity index (χ2v) is 13.6. The Morgan fingerprint density at radius 1 is 0.317 bits per heavy atom. The molecule has 1 heterocycles. The fourth-order valence-electron chi connectivity index (χ4n) is 6.69. The average molecular weight is 575 g/mol. The first-order valence-electron chi connectivity index (χ1n) is 19.5. The van der Waals surface area contributed by atoms with E-state index < -0.39 is 0 Å². The van der Waals surface area contributed by atoms with Crippen molar-refractivity contribution in [1.29, 1.82) is 0 Å². The molecule has 0 aromatic carbocycles. The normalized spacial score (nSPS) is 15.0. The second-order valence-electron chi connectivity index (χ2n) is 13.6. The van der Waals surface area contributed by atoms with Crippen LogP contribution in [0.2, 0.25) is 0 Å². The first kappa shape index (κ1) is 38.4. The molecule has 0 spiro atoms. The molecule has 1 atom stereocenters. The Hall–Kier alpha value is -0.660. The molecule has 1 rings (SSSR count). The molecule has 0 saturated carbocycles. The summed E-state index contributed by atoms with van der Waals surface area (Å²) in [5.41, 5.74) is 0.